The zero-order valence-electron chi connectivity index (χ0n) is 21.0. The van der Waals surface area contributed by atoms with Gasteiger partial charge in [0.15, 0.2) is 0 Å². The molecular formula is C26H20Cl2N3NaO6S. The van der Waals surface area contributed by atoms with Gasteiger partial charge in [0.1, 0.15) is 16.3 Å². The van der Waals surface area contributed by atoms with E-state index in [1.54, 1.807) is 43.3 Å². The zero-order valence-corrected chi connectivity index (χ0v) is 25.4. The molecule has 0 aliphatic rings. The number of amides is 1. The van der Waals surface area contributed by atoms with Crippen molar-refractivity contribution in [3.63, 3.8) is 0 Å². The molecule has 0 bridgehead atoms. The third-order valence-corrected chi connectivity index (χ3v) is 7.22. The predicted octanol–water partition coefficient (Wildman–Crippen LogP) is 3.85. The number of nitrogens with zero attached hydrogens (tertiary/aromatic N) is 2. The number of hydrogen-bond donors (Lipinski definition) is 2. The molecule has 39 heavy (non-hydrogen) atoms. The molecule has 0 saturated heterocycles. The monoisotopic (exact) mass is 595 g/mol. The summed E-state index contributed by atoms with van der Waals surface area (Å²) in [5.74, 6) is -1.11. The summed E-state index contributed by atoms with van der Waals surface area (Å²) in [6.45, 7) is 3.52. The number of carbonyl (C=O) groups is 1. The van der Waals surface area contributed by atoms with Gasteiger partial charge in [-0.3, -0.25) is 9.35 Å². The fourth-order valence-electron chi connectivity index (χ4n) is 3.81. The van der Waals surface area contributed by atoms with Crippen molar-refractivity contribution in [2.45, 2.75) is 18.7 Å². The maximum absolute atomic E-state index is 13.5. The van der Waals surface area contributed by atoms with Gasteiger partial charge < -0.3 is 15.2 Å². The van der Waals surface area contributed by atoms with Gasteiger partial charge >= 0.3 is 29.6 Å². The van der Waals surface area contributed by atoms with Gasteiger partial charge in [-0.1, -0.05) is 53.2 Å². The van der Waals surface area contributed by atoms with Crippen LogP contribution in [-0.4, -0.2) is 25.5 Å². The molecule has 2 N–H and O–H groups in total. The molecule has 0 aromatic heterocycles. The first-order valence-electron chi connectivity index (χ1n) is 11.2. The molecule has 0 unspecified atom stereocenters. The van der Waals surface area contributed by atoms with Gasteiger partial charge in [0.25, 0.3) is 16.0 Å². The van der Waals surface area contributed by atoms with Crippen LogP contribution in [0, 0.1) is 6.92 Å². The minimum absolute atomic E-state index is 0. The van der Waals surface area contributed by atoms with Crippen LogP contribution < -0.4 is 44.7 Å². The van der Waals surface area contributed by atoms with Gasteiger partial charge in [-0.25, -0.2) is 0 Å². The number of nitrogens with one attached hydrogen (secondary N) is 1. The Balaban J connectivity index is 0.00000420. The van der Waals surface area contributed by atoms with Crippen LogP contribution in [0.25, 0.3) is 10.8 Å². The van der Waals surface area contributed by atoms with Gasteiger partial charge in [-0.05, 0) is 61.2 Å². The van der Waals surface area contributed by atoms with E-state index in [0.717, 1.165) is 0 Å². The van der Waals surface area contributed by atoms with Crippen LogP contribution in [0.3, 0.4) is 0 Å². The maximum Gasteiger partial charge on any atom is 1.00 e. The first-order chi connectivity index (χ1) is 18.0. The standard InChI is InChI=1S/C26H21Cl2N3O6S.Na/c1-3-37-22-11-8-16(27)13-21(22)29-26(33)18-12-15-6-4-5-7-17(15)23(24(18)32)31-30-20-10-9-19(28)14(2)25(20)38(34,35)36;/h4-13,32H,3H2,1-2H3,(H,29,33)(H,34,35,36);/q;+1/p-1. The van der Waals surface area contributed by atoms with E-state index in [2.05, 4.69) is 15.5 Å². The van der Waals surface area contributed by atoms with E-state index in [4.69, 9.17) is 27.9 Å². The van der Waals surface area contributed by atoms with Crippen LogP contribution in [0.5, 0.6) is 11.5 Å². The average molecular weight is 596 g/mol. The van der Waals surface area contributed by atoms with Gasteiger partial charge in [0.2, 0.25) is 0 Å². The number of benzene rings is 4. The van der Waals surface area contributed by atoms with E-state index in [1.807, 2.05) is 0 Å². The van der Waals surface area contributed by atoms with E-state index in [9.17, 15) is 22.9 Å². The van der Waals surface area contributed by atoms with Crippen LogP contribution >= 0.6 is 23.2 Å². The Hall–Kier alpha value is -2.70. The number of anilines is 1. The Morgan fingerprint density at radius 2 is 1.79 bits per heavy atom. The van der Waals surface area contributed by atoms with Crippen molar-refractivity contribution in [1.29, 1.82) is 0 Å². The summed E-state index contributed by atoms with van der Waals surface area (Å²) < 4.78 is 39.2. The molecular weight excluding hydrogens is 576 g/mol. The second-order valence-electron chi connectivity index (χ2n) is 8.05. The van der Waals surface area contributed by atoms with Gasteiger partial charge in [-0.15, -0.1) is 5.11 Å². The van der Waals surface area contributed by atoms with Crippen molar-refractivity contribution >= 4 is 67.1 Å². The predicted molar refractivity (Wildman–Crippen MR) is 144 cm³/mol. The maximum atomic E-state index is 13.5. The third kappa shape index (κ3) is 6.72. The van der Waals surface area contributed by atoms with Crippen LogP contribution in [0.15, 0.2) is 75.8 Å². The molecule has 0 saturated carbocycles. The number of halogens is 2. The van der Waals surface area contributed by atoms with E-state index in [1.165, 1.54) is 31.2 Å². The fourth-order valence-corrected chi connectivity index (χ4v) is 5.07. The molecule has 0 atom stereocenters. The van der Waals surface area contributed by atoms with Gasteiger partial charge in [0, 0.05) is 21.0 Å². The number of hydrogen-bond acceptors (Lipinski definition) is 7. The van der Waals surface area contributed by atoms with Crippen molar-refractivity contribution in [3.05, 3.63) is 81.8 Å². The first-order valence-corrected chi connectivity index (χ1v) is 13.4. The van der Waals surface area contributed by atoms with Crippen molar-refractivity contribution in [3.8, 4) is 11.5 Å². The van der Waals surface area contributed by atoms with Crippen LogP contribution in [0.4, 0.5) is 17.1 Å². The molecule has 1 amide bonds. The summed E-state index contributed by atoms with van der Waals surface area (Å²) in [6.07, 6.45) is 0. The van der Waals surface area contributed by atoms with E-state index >= 15 is 0 Å². The van der Waals surface area contributed by atoms with Crippen molar-refractivity contribution < 1.29 is 57.2 Å². The Bertz CT molecular complexity index is 1710. The summed E-state index contributed by atoms with van der Waals surface area (Å²) in [5.41, 5.74) is -0.319. The normalized spacial score (nSPS) is 11.4. The fraction of sp³-hybridized carbons (Fsp3) is 0.115. The molecule has 13 heteroatoms. The molecule has 196 valence electrons. The SMILES string of the molecule is CCOc1ccc(Cl)cc1NC(=O)c1cc2ccccc2c(N=Nc2ccc(Cl)c(C)c2S(=O)(=O)O)c1[O-].[Na+]. The van der Waals surface area contributed by atoms with Crippen LogP contribution in [0.1, 0.15) is 22.8 Å². The summed E-state index contributed by atoms with van der Waals surface area (Å²) in [7, 11) is -4.72. The molecule has 0 heterocycles. The first kappa shape index (κ1) is 30.8. The molecule has 4 aromatic carbocycles. The van der Waals surface area contributed by atoms with E-state index < -0.39 is 26.7 Å². The smallest absolute Gasteiger partial charge is 0.870 e. The Morgan fingerprint density at radius 1 is 1.08 bits per heavy atom. The third-order valence-electron chi connectivity index (χ3n) is 5.54. The van der Waals surface area contributed by atoms with Gasteiger partial charge in [-0.2, -0.15) is 13.5 Å². The number of carbonyl (C=O) groups excluding carboxylic acids is 1. The van der Waals surface area contributed by atoms with Crippen molar-refractivity contribution in [2.24, 2.45) is 10.2 Å². The molecule has 4 aromatic rings. The molecule has 0 spiro atoms. The summed E-state index contributed by atoms with van der Waals surface area (Å²) in [4.78, 5) is 12.7. The molecule has 0 aliphatic carbocycles. The summed E-state index contributed by atoms with van der Waals surface area (Å²) in [5, 5.41) is 25.4. The number of ether oxygens (including phenoxy) is 1. The quantitative estimate of drug-likeness (QED) is 0.189. The Kier molecular flexibility index (Phi) is 10.0. The largest absolute Gasteiger partial charge is 1.00 e. The summed E-state index contributed by atoms with van der Waals surface area (Å²) in [6, 6.07) is 15.5. The Labute approximate surface area is 256 Å². The minimum Gasteiger partial charge on any atom is -0.870 e. The number of azo groups is 1. The van der Waals surface area contributed by atoms with E-state index in [-0.39, 0.29) is 62.8 Å². The molecule has 0 radical (unpaired) electrons. The van der Waals surface area contributed by atoms with Crippen molar-refractivity contribution in [2.75, 3.05) is 11.9 Å². The van der Waals surface area contributed by atoms with Gasteiger partial charge in [0.05, 0.1) is 18.0 Å². The molecule has 4 rings (SSSR count). The van der Waals surface area contributed by atoms with Crippen molar-refractivity contribution in [1.82, 2.24) is 0 Å². The van der Waals surface area contributed by atoms with Crippen LogP contribution in [0.2, 0.25) is 10.0 Å². The average Bonchev–Trinajstić information content (AvgIpc) is 2.86. The molecule has 0 aliphatic heterocycles. The Morgan fingerprint density at radius 3 is 2.49 bits per heavy atom. The second-order valence-corrected chi connectivity index (χ2v) is 10.2. The van der Waals surface area contributed by atoms with E-state index in [0.29, 0.717) is 28.2 Å². The molecule has 9 nitrogen and oxygen atoms in total. The zero-order chi connectivity index (χ0) is 27.6. The van der Waals surface area contributed by atoms with Crippen LogP contribution in [-0.2, 0) is 10.1 Å². The molecule has 0 fully saturated rings. The number of fused-ring (bicyclic) bond motifs is 1. The summed E-state index contributed by atoms with van der Waals surface area (Å²) >= 11 is 12.1. The topological polar surface area (TPSA) is 140 Å². The second kappa shape index (κ2) is 12.6. The minimum atomic E-state index is -4.72. The number of rotatable bonds is 7.